The van der Waals surface area contributed by atoms with Crippen molar-refractivity contribution < 1.29 is 4.74 Å². The average molecular weight is 271 g/mol. The maximum Gasteiger partial charge on any atom is 0.0730 e. The summed E-state index contributed by atoms with van der Waals surface area (Å²) >= 11 is 4.57. The summed E-state index contributed by atoms with van der Waals surface area (Å²) in [6.07, 6.45) is 5.83. The van der Waals surface area contributed by atoms with Gasteiger partial charge in [-0.05, 0) is 29.9 Å². The molecule has 1 saturated heterocycles. The molecule has 2 fully saturated rings. The Morgan fingerprint density at radius 1 is 1.28 bits per heavy atom. The fourth-order valence-corrected chi connectivity index (χ4v) is 3.95. The number of fused-ring (bicyclic) bond motifs is 1. The van der Waals surface area contributed by atoms with Crippen molar-refractivity contribution in [3.63, 3.8) is 0 Å². The molecule has 3 heteroatoms. The number of thiol groups is 1. The highest BCUT2D eigenvalue weighted by Crippen LogP contribution is 2.33. The predicted octanol–water partition coefficient (Wildman–Crippen LogP) is 3.22. The zero-order chi connectivity index (χ0) is 13.2. The first-order valence-corrected chi connectivity index (χ1v) is 8.12. The third kappa shape index (κ3) is 3.43. The van der Waals surface area contributed by atoms with E-state index in [0.717, 1.165) is 18.9 Å². The number of rotatable bonds is 3. The van der Waals surface area contributed by atoms with Crippen molar-refractivity contribution in [2.24, 2.45) is 11.3 Å². The zero-order valence-electron chi connectivity index (χ0n) is 12.2. The van der Waals surface area contributed by atoms with E-state index < -0.39 is 0 Å². The minimum absolute atomic E-state index is 0.351. The molecule has 2 rings (SSSR count). The number of ether oxygens (including phenoxy) is 1. The van der Waals surface area contributed by atoms with Crippen LogP contribution < -0.4 is 0 Å². The number of hydrogen-bond donors (Lipinski definition) is 1. The van der Waals surface area contributed by atoms with Crippen molar-refractivity contribution in [3.05, 3.63) is 0 Å². The van der Waals surface area contributed by atoms with E-state index in [1.54, 1.807) is 0 Å². The first-order chi connectivity index (χ1) is 8.52. The molecule has 3 atom stereocenters. The Labute approximate surface area is 118 Å². The van der Waals surface area contributed by atoms with Gasteiger partial charge in [-0.1, -0.05) is 33.6 Å². The number of nitrogens with zero attached hydrogens (tertiary/aromatic N) is 1. The smallest absolute Gasteiger partial charge is 0.0730 e. The second-order valence-corrected chi connectivity index (χ2v) is 7.37. The minimum Gasteiger partial charge on any atom is -0.375 e. The van der Waals surface area contributed by atoms with E-state index in [1.165, 1.54) is 32.2 Å². The number of morpholine rings is 1. The van der Waals surface area contributed by atoms with Gasteiger partial charge in [0, 0.05) is 19.1 Å². The van der Waals surface area contributed by atoms with Gasteiger partial charge in [-0.2, -0.15) is 12.6 Å². The van der Waals surface area contributed by atoms with Gasteiger partial charge in [0.05, 0.1) is 12.7 Å². The van der Waals surface area contributed by atoms with Crippen LogP contribution in [0.5, 0.6) is 0 Å². The third-order valence-corrected chi connectivity index (χ3v) is 5.19. The molecular formula is C15H29NOS. The van der Waals surface area contributed by atoms with Gasteiger partial charge in [0.1, 0.15) is 0 Å². The van der Waals surface area contributed by atoms with E-state index in [1.807, 2.05) is 0 Å². The van der Waals surface area contributed by atoms with Gasteiger partial charge >= 0.3 is 0 Å². The Kier molecular flexibility index (Phi) is 5.01. The van der Waals surface area contributed by atoms with Crippen LogP contribution in [0.4, 0.5) is 0 Å². The lowest BCUT2D eigenvalue weighted by atomic mass is 9.80. The maximum atomic E-state index is 5.95. The van der Waals surface area contributed by atoms with Gasteiger partial charge < -0.3 is 4.74 Å². The molecule has 0 aromatic carbocycles. The SMILES string of the molecule is CC(C)(C)C(CS)CN1CCOC2CCCCC21. The highest BCUT2D eigenvalue weighted by atomic mass is 32.1. The molecule has 0 aromatic rings. The highest BCUT2D eigenvalue weighted by molar-refractivity contribution is 7.80. The van der Waals surface area contributed by atoms with Gasteiger partial charge in [0.15, 0.2) is 0 Å². The van der Waals surface area contributed by atoms with Crippen LogP contribution in [-0.4, -0.2) is 42.5 Å². The van der Waals surface area contributed by atoms with E-state index >= 15 is 0 Å². The number of hydrogen-bond acceptors (Lipinski definition) is 3. The third-order valence-electron chi connectivity index (χ3n) is 4.75. The van der Waals surface area contributed by atoms with Crippen LogP contribution in [0.25, 0.3) is 0 Å². The van der Waals surface area contributed by atoms with E-state index in [0.29, 0.717) is 23.5 Å². The van der Waals surface area contributed by atoms with Crippen molar-refractivity contribution in [2.75, 3.05) is 25.4 Å². The highest BCUT2D eigenvalue weighted by Gasteiger charge is 2.36. The molecule has 0 spiro atoms. The first-order valence-electron chi connectivity index (χ1n) is 7.49. The van der Waals surface area contributed by atoms with Crippen molar-refractivity contribution in [1.82, 2.24) is 4.90 Å². The van der Waals surface area contributed by atoms with Crippen molar-refractivity contribution in [3.8, 4) is 0 Å². The van der Waals surface area contributed by atoms with Crippen LogP contribution in [0.1, 0.15) is 46.5 Å². The molecule has 1 saturated carbocycles. The molecule has 0 radical (unpaired) electrons. The van der Waals surface area contributed by atoms with Crippen molar-refractivity contribution in [1.29, 1.82) is 0 Å². The van der Waals surface area contributed by atoms with E-state index in [4.69, 9.17) is 4.74 Å². The van der Waals surface area contributed by atoms with Gasteiger partial charge in [0.2, 0.25) is 0 Å². The fraction of sp³-hybridized carbons (Fsp3) is 1.00. The minimum atomic E-state index is 0.351. The van der Waals surface area contributed by atoms with Crippen LogP contribution in [0.2, 0.25) is 0 Å². The summed E-state index contributed by atoms with van der Waals surface area (Å²) < 4.78 is 5.95. The molecule has 3 unspecified atom stereocenters. The lowest BCUT2D eigenvalue weighted by Crippen LogP contribution is -2.54. The Bertz CT molecular complexity index is 262. The maximum absolute atomic E-state index is 5.95. The second kappa shape index (κ2) is 6.15. The molecular weight excluding hydrogens is 242 g/mol. The summed E-state index contributed by atoms with van der Waals surface area (Å²) in [4.78, 5) is 2.69. The van der Waals surface area contributed by atoms with E-state index in [9.17, 15) is 0 Å². The normalized spacial score (nSPS) is 32.0. The average Bonchev–Trinajstić information content (AvgIpc) is 2.34. The molecule has 18 heavy (non-hydrogen) atoms. The van der Waals surface area contributed by atoms with Crippen molar-refractivity contribution >= 4 is 12.6 Å². The molecule has 2 aliphatic rings. The zero-order valence-corrected chi connectivity index (χ0v) is 13.1. The Balaban J connectivity index is 1.98. The summed E-state index contributed by atoms with van der Waals surface area (Å²) in [5, 5.41) is 0. The molecule has 1 heterocycles. The Morgan fingerprint density at radius 3 is 2.67 bits per heavy atom. The van der Waals surface area contributed by atoms with Crippen molar-refractivity contribution in [2.45, 2.75) is 58.6 Å². The summed E-state index contributed by atoms with van der Waals surface area (Å²) in [6.45, 7) is 10.2. The molecule has 0 N–H and O–H groups in total. The van der Waals surface area contributed by atoms with E-state index in [2.05, 4.69) is 38.3 Å². The molecule has 0 aromatic heterocycles. The molecule has 106 valence electrons. The van der Waals surface area contributed by atoms with Crippen LogP contribution in [-0.2, 0) is 4.74 Å². The molecule has 0 bridgehead atoms. The summed E-state index contributed by atoms with van der Waals surface area (Å²) in [7, 11) is 0. The van der Waals surface area contributed by atoms with Crippen LogP contribution in [0.3, 0.4) is 0 Å². The fourth-order valence-electron chi connectivity index (χ4n) is 3.29. The lowest BCUT2D eigenvalue weighted by molar-refractivity contribution is -0.0947. The second-order valence-electron chi connectivity index (χ2n) is 7.00. The van der Waals surface area contributed by atoms with Gasteiger partial charge in [-0.3, -0.25) is 4.90 Å². The predicted molar refractivity (Wildman–Crippen MR) is 80.4 cm³/mol. The van der Waals surface area contributed by atoms with E-state index in [-0.39, 0.29) is 0 Å². The Morgan fingerprint density at radius 2 is 2.00 bits per heavy atom. The Hall–Kier alpha value is 0.270. The molecule has 1 aliphatic heterocycles. The van der Waals surface area contributed by atoms with Gasteiger partial charge in [0.25, 0.3) is 0 Å². The molecule has 2 nitrogen and oxygen atoms in total. The lowest BCUT2D eigenvalue weighted by Gasteiger charge is -2.46. The van der Waals surface area contributed by atoms with Gasteiger partial charge in [-0.15, -0.1) is 0 Å². The summed E-state index contributed by atoms with van der Waals surface area (Å²) in [5.41, 5.74) is 0.351. The molecule has 0 amide bonds. The molecule has 1 aliphatic carbocycles. The van der Waals surface area contributed by atoms with Crippen LogP contribution in [0, 0.1) is 11.3 Å². The quantitative estimate of drug-likeness (QED) is 0.791. The summed E-state index contributed by atoms with van der Waals surface area (Å²) in [6, 6.07) is 0.678. The first kappa shape index (κ1) is 14.7. The largest absolute Gasteiger partial charge is 0.375 e. The standard InChI is InChI=1S/C15H29NOS/c1-15(2,3)12(11-18)10-16-8-9-17-14-7-5-4-6-13(14)16/h12-14,18H,4-11H2,1-3H3. The summed E-state index contributed by atoms with van der Waals surface area (Å²) in [5.74, 6) is 1.65. The van der Waals surface area contributed by atoms with Crippen LogP contribution in [0.15, 0.2) is 0 Å². The van der Waals surface area contributed by atoms with Gasteiger partial charge in [-0.25, -0.2) is 0 Å². The topological polar surface area (TPSA) is 12.5 Å². The monoisotopic (exact) mass is 271 g/mol. The van der Waals surface area contributed by atoms with Crippen LogP contribution >= 0.6 is 12.6 Å².